The van der Waals surface area contributed by atoms with E-state index in [4.69, 9.17) is 4.74 Å². The maximum Gasteiger partial charge on any atom is 0.303 e. The lowest BCUT2D eigenvalue weighted by Crippen LogP contribution is -2.15. The number of carbonyl (C=O) groups is 1. The van der Waals surface area contributed by atoms with E-state index in [2.05, 4.69) is 44.2 Å². The molecule has 1 atom stereocenters. The average Bonchev–Trinajstić information content (AvgIpc) is 2.50. The zero-order valence-corrected chi connectivity index (χ0v) is 13.2. The number of carbonyl (C=O) groups excluding carboxylic acids is 1. The Morgan fingerprint density at radius 2 is 1.41 bits per heavy atom. The molecule has 0 amide bonds. The number of ether oxygens (including phenoxy) is 1. The molecule has 22 heavy (non-hydrogen) atoms. The molecule has 0 N–H and O–H groups in total. The van der Waals surface area contributed by atoms with Crippen LogP contribution in [-0.2, 0) is 9.53 Å². The molecule has 2 heteroatoms. The van der Waals surface area contributed by atoms with Crippen LogP contribution >= 0.6 is 0 Å². The zero-order valence-electron chi connectivity index (χ0n) is 13.2. The summed E-state index contributed by atoms with van der Waals surface area (Å²) in [6, 6.07) is 18.8. The summed E-state index contributed by atoms with van der Waals surface area (Å²) < 4.78 is 5.68. The van der Waals surface area contributed by atoms with E-state index in [0.717, 1.165) is 16.3 Å². The first-order valence-corrected chi connectivity index (χ1v) is 7.65. The first-order chi connectivity index (χ1) is 10.6. The molecule has 112 valence electrons. The SMILES string of the molecule is CC(=O)OC(c1c2ccccc2cc2ccccc12)C(C)C. The van der Waals surface area contributed by atoms with Gasteiger partial charge in [-0.2, -0.15) is 0 Å². The molecule has 0 spiro atoms. The van der Waals surface area contributed by atoms with Gasteiger partial charge in [-0.05, 0) is 33.5 Å². The Morgan fingerprint density at radius 3 is 1.86 bits per heavy atom. The van der Waals surface area contributed by atoms with Gasteiger partial charge >= 0.3 is 5.97 Å². The average molecular weight is 292 g/mol. The molecular formula is C20H20O2. The van der Waals surface area contributed by atoms with Crippen molar-refractivity contribution in [1.29, 1.82) is 0 Å². The highest BCUT2D eigenvalue weighted by Crippen LogP contribution is 2.37. The molecule has 0 bridgehead atoms. The van der Waals surface area contributed by atoms with Crippen molar-refractivity contribution in [1.82, 2.24) is 0 Å². The van der Waals surface area contributed by atoms with E-state index in [9.17, 15) is 4.79 Å². The molecule has 3 aromatic rings. The fourth-order valence-corrected chi connectivity index (χ4v) is 3.06. The molecule has 1 unspecified atom stereocenters. The van der Waals surface area contributed by atoms with E-state index in [1.54, 1.807) is 0 Å². The van der Waals surface area contributed by atoms with Crippen molar-refractivity contribution in [2.45, 2.75) is 26.9 Å². The number of hydrogen-bond acceptors (Lipinski definition) is 2. The molecule has 0 fully saturated rings. The molecule has 0 saturated heterocycles. The van der Waals surface area contributed by atoms with Crippen LogP contribution < -0.4 is 0 Å². The Kier molecular flexibility index (Phi) is 3.84. The van der Waals surface area contributed by atoms with E-state index in [1.807, 2.05) is 24.3 Å². The van der Waals surface area contributed by atoms with Gasteiger partial charge in [0, 0.05) is 12.5 Å². The lowest BCUT2D eigenvalue weighted by atomic mass is 9.89. The fourth-order valence-electron chi connectivity index (χ4n) is 3.06. The van der Waals surface area contributed by atoms with Gasteiger partial charge in [-0.15, -0.1) is 0 Å². The minimum absolute atomic E-state index is 0.207. The van der Waals surface area contributed by atoms with Gasteiger partial charge in [-0.25, -0.2) is 0 Å². The molecule has 0 heterocycles. The first-order valence-electron chi connectivity index (χ1n) is 7.65. The highest BCUT2D eigenvalue weighted by Gasteiger charge is 2.23. The van der Waals surface area contributed by atoms with Gasteiger partial charge in [0.05, 0.1) is 0 Å². The third kappa shape index (κ3) is 2.57. The lowest BCUT2D eigenvalue weighted by Gasteiger charge is -2.24. The minimum Gasteiger partial charge on any atom is -0.457 e. The molecule has 3 rings (SSSR count). The van der Waals surface area contributed by atoms with E-state index >= 15 is 0 Å². The molecule has 0 aromatic heterocycles. The Bertz CT molecular complexity index is 779. The van der Waals surface area contributed by atoms with Gasteiger partial charge in [0.15, 0.2) is 0 Å². The Morgan fingerprint density at radius 1 is 0.909 bits per heavy atom. The molecule has 2 nitrogen and oxygen atoms in total. The standard InChI is InChI=1S/C20H20O2/c1-13(2)20(22-14(3)21)19-17-10-6-4-8-15(17)12-16-9-5-7-11-18(16)19/h4-13,20H,1-3H3. The second-order valence-corrected chi connectivity index (χ2v) is 6.01. The number of fused-ring (bicyclic) bond motifs is 2. The van der Waals surface area contributed by atoms with Gasteiger partial charge in [0.1, 0.15) is 6.10 Å². The van der Waals surface area contributed by atoms with Gasteiger partial charge in [-0.3, -0.25) is 4.79 Å². The Hall–Kier alpha value is -2.35. The van der Waals surface area contributed by atoms with Crippen LogP contribution in [0.3, 0.4) is 0 Å². The summed E-state index contributed by atoms with van der Waals surface area (Å²) in [6.45, 7) is 5.65. The summed E-state index contributed by atoms with van der Waals surface area (Å²) in [6.07, 6.45) is -0.242. The fraction of sp³-hybridized carbons (Fsp3) is 0.250. The van der Waals surface area contributed by atoms with Crippen LogP contribution in [0, 0.1) is 5.92 Å². The maximum absolute atomic E-state index is 11.6. The summed E-state index contributed by atoms with van der Waals surface area (Å²) in [4.78, 5) is 11.6. The van der Waals surface area contributed by atoms with Crippen LogP contribution in [0.2, 0.25) is 0 Å². The van der Waals surface area contributed by atoms with E-state index < -0.39 is 0 Å². The predicted molar refractivity (Wildman–Crippen MR) is 90.8 cm³/mol. The van der Waals surface area contributed by atoms with E-state index in [0.29, 0.717) is 0 Å². The third-order valence-electron chi connectivity index (χ3n) is 4.00. The number of rotatable bonds is 3. The highest BCUT2D eigenvalue weighted by atomic mass is 16.5. The number of esters is 1. The van der Waals surface area contributed by atoms with Crippen molar-refractivity contribution in [3.63, 3.8) is 0 Å². The van der Waals surface area contributed by atoms with E-state index in [-0.39, 0.29) is 18.0 Å². The van der Waals surface area contributed by atoms with Gasteiger partial charge in [0.2, 0.25) is 0 Å². The molecule has 0 aliphatic heterocycles. The van der Waals surface area contributed by atoms with Crippen LogP contribution in [0.1, 0.15) is 32.4 Å². The molecule has 0 aliphatic carbocycles. The normalized spacial score (nSPS) is 12.7. The topological polar surface area (TPSA) is 26.3 Å². The molecule has 0 radical (unpaired) electrons. The van der Waals surface area contributed by atoms with Gasteiger partial charge in [-0.1, -0.05) is 62.4 Å². The van der Waals surface area contributed by atoms with Crippen LogP contribution in [0.5, 0.6) is 0 Å². The molecule has 3 aromatic carbocycles. The second-order valence-electron chi connectivity index (χ2n) is 6.01. The van der Waals surface area contributed by atoms with Crippen molar-refractivity contribution in [2.24, 2.45) is 5.92 Å². The van der Waals surface area contributed by atoms with Crippen molar-refractivity contribution in [3.05, 3.63) is 60.2 Å². The highest BCUT2D eigenvalue weighted by molar-refractivity contribution is 6.02. The largest absolute Gasteiger partial charge is 0.457 e. The van der Waals surface area contributed by atoms with Crippen molar-refractivity contribution >= 4 is 27.5 Å². The van der Waals surface area contributed by atoms with Crippen molar-refractivity contribution in [2.75, 3.05) is 0 Å². The Balaban J connectivity index is 2.38. The quantitative estimate of drug-likeness (QED) is 0.486. The van der Waals surface area contributed by atoms with Crippen LogP contribution in [0.4, 0.5) is 0 Å². The monoisotopic (exact) mass is 292 g/mol. The van der Waals surface area contributed by atoms with Crippen LogP contribution in [-0.4, -0.2) is 5.97 Å². The molecule has 0 saturated carbocycles. The second kappa shape index (κ2) is 5.80. The lowest BCUT2D eigenvalue weighted by molar-refractivity contribution is -0.148. The van der Waals surface area contributed by atoms with Crippen molar-refractivity contribution in [3.8, 4) is 0 Å². The summed E-state index contributed by atoms with van der Waals surface area (Å²) in [5, 5.41) is 4.66. The van der Waals surface area contributed by atoms with E-state index in [1.165, 1.54) is 17.7 Å². The summed E-state index contributed by atoms with van der Waals surface area (Å²) in [7, 11) is 0. The summed E-state index contributed by atoms with van der Waals surface area (Å²) in [5.41, 5.74) is 1.11. The smallest absolute Gasteiger partial charge is 0.303 e. The predicted octanol–water partition coefficient (Wildman–Crippen LogP) is 5.25. The van der Waals surface area contributed by atoms with Gasteiger partial charge in [0.25, 0.3) is 0 Å². The molecule has 0 aliphatic rings. The number of hydrogen-bond donors (Lipinski definition) is 0. The maximum atomic E-state index is 11.6. The zero-order chi connectivity index (χ0) is 15.7. The molecular weight excluding hydrogens is 272 g/mol. The number of benzene rings is 3. The van der Waals surface area contributed by atoms with Gasteiger partial charge < -0.3 is 4.74 Å². The summed E-state index contributed by atoms with van der Waals surface area (Å²) >= 11 is 0. The summed E-state index contributed by atoms with van der Waals surface area (Å²) in [5.74, 6) is -0.0335. The Labute approximate surface area is 130 Å². The minimum atomic E-state index is -0.242. The van der Waals surface area contributed by atoms with Crippen LogP contribution in [0.15, 0.2) is 54.6 Å². The first kappa shape index (κ1) is 14.6. The van der Waals surface area contributed by atoms with Crippen LogP contribution in [0.25, 0.3) is 21.5 Å². The van der Waals surface area contributed by atoms with Crippen molar-refractivity contribution < 1.29 is 9.53 Å². The third-order valence-corrected chi connectivity index (χ3v) is 4.00.